The predicted octanol–water partition coefficient (Wildman–Crippen LogP) is 2.77. The molecule has 2 amide bonds. The summed E-state index contributed by atoms with van der Waals surface area (Å²) in [5.41, 5.74) is -0.00647. The summed E-state index contributed by atoms with van der Waals surface area (Å²) in [5.74, 6) is -4.05. The van der Waals surface area contributed by atoms with Crippen molar-refractivity contribution < 1.29 is 31.2 Å². The fourth-order valence-electron chi connectivity index (χ4n) is 6.14. The highest BCUT2D eigenvalue weighted by molar-refractivity contribution is 7.89. The van der Waals surface area contributed by atoms with Gasteiger partial charge in [-0.05, 0) is 53.2 Å². The Morgan fingerprint density at radius 2 is 1.86 bits per heavy atom. The van der Waals surface area contributed by atoms with E-state index >= 15 is 0 Å². The topological polar surface area (TPSA) is 152 Å². The van der Waals surface area contributed by atoms with E-state index in [-0.39, 0.29) is 35.8 Å². The Kier molecular flexibility index (Phi) is 8.25. The van der Waals surface area contributed by atoms with Gasteiger partial charge in [-0.15, -0.1) is 0 Å². The summed E-state index contributed by atoms with van der Waals surface area (Å²) in [5, 5.41) is 13.3. The number of amides is 2. The van der Waals surface area contributed by atoms with Gasteiger partial charge in [0.2, 0.25) is 21.8 Å². The van der Waals surface area contributed by atoms with Crippen LogP contribution in [-0.4, -0.2) is 66.7 Å². The lowest BCUT2D eigenvalue weighted by molar-refractivity contribution is -0.143. The molecule has 1 saturated heterocycles. The molecule has 0 bridgehead atoms. The van der Waals surface area contributed by atoms with E-state index in [1.807, 2.05) is 43.7 Å². The number of aromatic amines is 1. The first kappa shape index (κ1) is 32.5. The molecule has 0 spiro atoms. The molecule has 10 nitrogen and oxygen atoms in total. The molecule has 0 radical (unpaired) electrons. The molecule has 4 rings (SSSR count). The number of fused-ring (bicyclic) bond motifs is 2. The molecule has 2 fully saturated rings. The Hall–Kier alpha value is -3.44. The first-order chi connectivity index (χ1) is 19.6. The van der Waals surface area contributed by atoms with Gasteiger partial charge in [0.1, 0.15) is 18.1 Å². The van der Waals surface area contributed by atoms with E-state index in [9.17, 15) is 41.2 Å². The molecular weight excluding hydrogens is 587 g/mol. The largest absolute Gasteiger partial charge is 0.404 e. The van der Waals surface area contributed by atoms with Crippen molar-refractivity contribution >= 4 is 32.7 Å². The van der Waals surface area contributed by atoms with Crippen LogP contribution < -0.4 is 15.6 Å². The molecule has 234 valence electrons. The number of benzene rings is 1. The highest BCUT2D eigenvalue weighted by Crippen LogP contribution is 2.65. The molecule has 1 aliphatic heterocycles. The standard InChI is InChI=1S/C29H36F3N5O5S/c1-15-7-8-20-16(9-15)10-17(24(38)35-20)11-18(12-33)34-25(39)22-21-19(28(21,5)6)13-37(22)26(40)23(27(2,3)4)36-43(41,42)14-29(30,31)32/h7-10,18-19,21-23,36H,11,13-14H2,1-6H3,(H,34,39)(H,35,38)/t18-,19-,21+,22-,23+/m0/s1. The quantitative estimate of drug-likeness (QED) is 0.411. The predicted molar refractivity (Wildman–Crippen MR) is 153 cm³/mol. The Bertz CT molecular complexity index is 1660. The van der Waals surface area contributed by atoms with Gasteiger partial charge < -0.3 is 15.2 Å². The molecule has 5 atom stereocenters. The summed E-state index contributed by atoms with van der Waals surface area (Å²) in [7, 11) is -4.94. The molecule has 1 aromatic carbocycles. The SMILES string of the molecule is Cc1ccc2[nH]c(=O)c(C[C@@H](C#N)NC(=O)[C@@H]3[C@H]4[C@H](CN3C(=O)[C@@H](NS(=O)(=O)CC(F)(F)F)C(C)(C)C)C4(C)C)cc2c1. The summed E-state index contributed by atoms with van der Waals surface area (Å²) in [6.07, 6.45) is -5.13. The van der Waals surface area contributed by atoms with Gasteiger partial charge in [0.25, 0.3) is 5.56 Å². The van der Waals surface area contributed by atoms with Gasteiger partial charge in [0, 0.05) is 24.0 Å². The lowest BCUT2D eigenvalue weighted by Crippen LogP contribution is -2.60. The zero-order valence-electron chi connectivity index (χ0n) is 24.8. The molecule has 2 aromatic rings. The van der Waals surface area contributed by atoms with Gasteiger partial charge in [-0.3, -0.25) is 14.4 Å². The molecule has 1 aromatic heterocycles. The van der Waals surface area contributed by atoms with Crippen LogP contribution in [0.4, 0.5) is 13.2 Å². The van der Waals surface area contributed by atoms with E-state index in [1.165, 1.54) is 25.7 Å². The number of aryl methyl sites for hydroxylation is 1. The first-order valence-electron chi connectivity index (χ1n) is 13.8. The van der Waals surface area contributed by atoms with Crippen LogP contribution in [0.3, 0.4) is 0 Å². The number of hydrogen-bond donors (Lipinski definition) is 3. The zero-order valence-corrected chi connectivity index (χ0v) is 25.6. The number of aromatic nitrogens is 1. The molecule has 43 heavy (non-hydrogen) atoms. The highest BCUT2D eigenvalue weighted by atomic mass is 32.2. The molecular formula is C29H36F3N5O5S. The molecule has 2 heterocycles. The number of piperidine rings is 1. The maximum atomic E-state index is 13.8. The summed E-state index contributed by atoms with van der Waals surface area (Å²) in [4.78, 5) is 44.2. The van der Waals surface area contributed by atoms with Crippen molar-refractivity contribution in [2.24, 2.45) is 22.7 Å². The number of halogens is 3. The van der Waals surface area contributed by atoms with Crippen LogP contribution in [0.15, 0.2) is 29.1 Å². The fraction of sp³-hybridized carbons (Fsp3) is 0.586. The summed E-state index contributed by atoms with van der Waals surface area (Å²) >= 11 is 0. The van der Waals surface area contributed by atoms with E-state index in [0.29, 0.717) is 5.52 Å². The number of H-pyrrole nitrogens is 1. The average Bonchev–Trinajstić information content (AvgIpc) is 3.18. The number of nitriles is 1. The Balaban J connectivity index is 1.58. The van der Waals surface area contributed by atoms with Crippen molar-refractivity contribution in [3.05, 3.63) is 45.7 Å². The van der Waals surface area contributed by atoms with Crippen LogP contribution in [0.5, 0.6) is 0 Å². The molecule has 1 aliphatic carbocycles. The number of likely N-dealkylation sites (tertiary alicyclic amines) is 1. The summed E-state index contributed by atoms with van der Waals surface area (Å²) in [6, 6.07) is 5.36. The number of sulfonamides is 1. The number of nitrogens with zero attached hydrogens (tertiary/aromatic N) is 2. The van der Waals surface area contributed by atoms with Crippen LogP contribution in [0.1, 0.15) is 45.7 Å². The van der Waals surface area contributed by atoms with Crippen LogP contribution in [0.2, 0.25) is 0 Å². The number of hydrogen-bond acceptors (Lipinski definition) is 6. The van der Waals surface area contributed by atoms with Gasteiger partial charge in [0.15, 0.2) is 5.75 Å². The van der Waals surface area contributed by atoms with Crippen LogP contribution in [0.25, 0.3) is 10.9 Å². The van der Waals surface area contributed by atoms with Crippen LogP contribution >= 0.6 is 0 Å². The van der Waals surface area contributed by atoms with E-state index in [2.05, 4.69) is 10.3 Å². The molecule has 0 unspecified atom stereocenters. The normalized spacial score (nSPS) is 22.9. The molecule has 1 saturated carbocycles. The van der Waals surface area contributed by atoms with Gasteiger partial charge >= 0.3 is 6.18 Å². The van der Waals surface area contributed by atoms with Crippen LogP contribution in [0, 0.1) is 40.9 Å². The molecule has 3 N–H and O–H groups in total. The van der Waals surface area contributed by atoms with E-state index in [4.69, 9.17) is 0 Å². The Morgan fingerprint density at radius 3 is 2.44 bits per heavy atom. The zero-order chi connectivity index (χ0) is 32.3. The summed E-state index contributed by atoms with van der Waals surface area (Å²) < 4.78 is 65.4. The van der Waals surface area contributed by atoms with Gasteiger partial charge in [-0.25, -0.2) is 13.1 Å². The third-order valence-electron chi connectivity index (χ3n) is 8.50. The number of rotatable bonds is 8. The van der Waals surface area contributed by atoms with Crippen molar-refractivity contribution in [1.82, 2.24) is 19.9 Å². The van der Waals surface area contributed by atoms with Gasteiger partial charge in [0.05, 0.1) is 6.07 Å². The molecule has 2 aliphatic rings. The number of pyridine rings is 1. The number of alkyl halides is 3. The second-order valence-corrected chi connectivity index (χ2v) is 15.0. The minimum Gasteiger partial charge on any atom is -0.338 e. The fourth-order valence-corrected chi connectivity index (χ4v) is 7.47. The Labute approximate surface area is 248 Å². The van der Waals surface area contributed by atoms with Crippen molar-refractivity contribution in [1.29, 1.82) is 5.26 Å². The van der Waals surface area contributed by atoms with E-state index in [1.54, 1.807) is 12.1 Å². The number of carbonyl (C=O) groups is 2. The second kappa shape index (κ2) is 10.9. The lowest BCUT2D eigenvalue weighted by Gasteiger charge is -2.37. The Morgan fingerprint density at radius 1 is 1.21 bits per heavy atom. The van der Waals surface area contributed by atoms with E-state index in [0.717, 1.165) is 10.9 Å². The highest BCUT2D eigenvalue weighted by Gasteiger charge is 2.69. The van der Waals surface area contributed by atoms with Crippen molar-refractivity contribution in [2.45, 2.75) is 72.3 Å². The van der Waals surface area contributed by atoms with E-state index < -0.39 is 62.9 Å². The smallest absolute Gasteiger partial charge is 0.338 e. The average molecular weight is 624 g/mol. The minimum absolute atomic E-state index is 0.100. The first-order valence-corrected chi connectivity index (χ1v) is 15.5. The number of carbonyl (C=O) groups excluding carboxylic acids is 2. The van der Waals surface area contributed by atoms with Crippen LogP contribution in [-0.2, 0) is 26.0 Å². The second-order valence-electron chi connectivity index (χ2n) is 13.3. The number of nitrogens with one attached hydrogen (secondary N) is 3. The third kappa shape index (κ3) is 6.88. The van der Waals surface area contributed by atoms with Crippen molar-refractivity contribution in [2.75, 3.05) is 12.3 Å². The van der Waals surface area contributed by atoms with Gasteiger partial charge in [-0.2, -0.15) is 18.4 Å². The maximum Gasteiger partial charge on any atom is 0.404 e. The third-order valence-corrected chi connectivity index (χ3v) is 9.80. The maximum absolute atomic E-state index is 13.8. The van der Waals surface area contributed by atoms with Crippen molar-refractivity contribution in [3.63, 3.8) is 0 Å². The molecule has 14 heteroatoms. The minimum atomic E-state index is -5.02. The van der Waals surface area contributed by atoms with Crippen molar-refractivity contribution in [3.8, 4) is 6.07 Å². The lowest BCUT2D eigenvalue weighted by atomic mass is 9.86. The van der Waals surface area contributed by atoms with Gasteiger partial charge in [-0.1, -0.05) is 46.2 Å². The monoisotopic (exact) mass is 623 g/mol. The summed E-state index contributed by atoms with van der Waals surface area (Å²) in [6.45, 7) is 10.4.